The highest BCUT2D eigenvalue weighted by atomic mass is 19.3. The van der Waals surface area contributed by atoms with Crippen LogP contribution >= 0.6 is 0 Å². The molecular weight excluding hydrogens is 546 g/mol. The number of rotatable bonds is 6. The third-order valence-corrected chi connectivity index (χ3v) is 6.40. The van der Waals surface area contributed by atoms with Crippen LogP contribution in [0.4, 0.5) is 18.4 Å². The lowest BCUT2D eigenvalue weighted by molar-refractivity contribution is -0.147. The van der Waals surface area contributed by atoms with E-state index in [1.165, 1.54) is 7.11 Å². The molecule has 11 nitrogen and oxygen atoms in total. The van der Waals surface area contributed by atoms with Gasteiger partial charge in [-0.25, -0.2) is 28.0 Å². The number of Topliss-reactive ketones (excluding diaryl/α,β-unsaturated/α-hetero) is 1. The van der Waals surface area contributed by atoms with Gasteiger partial charge in [0.05, 0.1) is 14.2 Å². The highest BCUT2D eigenvalue weighted by Crippen LogP contribution is 2.38. The molecule has 2 amide bonds. The number of carbonyl (C=O) groups is 5. The Morgan fingerprint density at radius 2 is 1.24 bits per heavy atom. The zero-order valence-electron chi connectivity index (χ0n) is 25.4. The van der Waals surface area contributed by atoms with Crippen LogP contribution in [0.5, 0.6) is 0 Å². The maximum atomic E-state index is 13.5. The van der Waals surface area contributed by atoms with Crippen LogP contribution in [0.25, 0.3) is 0 Å². The molecule has 2 aliphatic carbocycles. The fraction of sp³-hybridized carbons (Fsp3) is 0.821. The number of methoxy groups -OCH3 is 2. The van der Waals surface area contributed by atoms with Gasteiger partial charge in [0.15, 0.2) is 0 Å². The number of esters is 2. The van der Waals surface area contributed by atoms with Gasteiger partial charge in [0.2, 0.25) is 5.92 Å². The number of nitrogens with one attached hydrogen (secondary N) is 2. The van der Waals surface area contributed by atoms with E-state index >= 15 is 0 Å². The Balaban J connectivity index is 0.000000410. The van der Waals surface area contributed by atoms with Gasteiger partial charge in [-0.2, -0.15) is 0 Å². The smallest absolute Gasteiger partial charge is 0.408 e. The lowest BCUT2D eigenvalue weighted by Gasteiger charge is -2.33. The molecule has 0 bridgehead atoms. The summed E-state index contributed by atoms with van der Waals surface area (Å²) in [7, 11) is 2.42. The summed E-state index contributed by atoms with van der Waals surface area (Å²) >= 11 is 0. The molecule has 0 heterocycles. The minimum Gasteiger partial charge on any atom is -0.467 e. The quantitative estimate of drug-likeness (QED) is 0.331. The van der Waals surface area contributed by atoms with Crippen LogP contribution in [0.15, 0.2) is 0 Å². The van der Waals surface area contributed by atoms with E-state index in [1.807, 2.05) is 0 Å². The van der Waals surface area contributed by atoms with Crippen LogP contribution in [0.1, 0.15) is 92.9 Å². The van der Waals surface area contributed by atoms with E-state index in [2.05, 4.69) is 15.4 Å². The van der Waals surface area contributed by atoms with E-state index in [-0.39, 0.29) is 24.5 Å². The number of ether oxygens (including phenoxy) is 4. The van der Waals surface area contributed by atoms with E-state index < -0.39 is 65.7 Å². The summed E-state index contributed by atoms with van der Waals surface area (Å²) in [4.78, 5) is 58.7. The summed E-state index contributed by atoms with van der Waals surface area (Å²) in [5.74, 6) is -4.87. The maximum Gasteiger partial charge on any atom is 0.408 e. The van der Waals surface area contributed by atoms with Crippen LogP contribution in [-0.2, 0) is 33.3 Å². The van der Waals surface area contributed by atoms with Crippen molar-refractivity contribution in [3.8, 4) is 0 Å². The summed E-state index contributed by atoms with van der Waals surface area (Å²) < 4.78 is 46.5. The molecule has 2 N–H and O–H groups in total. The van der Waals surface area contributed by atoms with Crippen molar-refractivity contribution < 1.29 is 51.7 Å². The van der Waals surface area contributed by atoms with Gasteiger partial charge < -0.3 is 29.6 Å². The summed E-state index contributed by atoms with van der Waals surface area (Å²) in [6, 6.07) is -1.95. The third kappa shape index (κ3) is 14.0. The van der Waals surface area contributed by atoms with Gasteiger partial charge in [0.1, 0.15) is 29.1 Å². The van der Waals surface area contributed by atoms with Crippen LogP contribution in [0.2, 0.25) is 0 Å². The van der Waals surface area contributed by atoms with Gasteiger partial charge in [0.25, 0.3) is 0 Å². The molecule has 0 aromatic carbocycles. The SMILES string of the molecule is COC(=O)[C@@H](NC(=O)OC(C)(C)C)[C@H]1CCCC(=O)C1.COC(=O)[C@@H](NC(=O)OC(C)(C)C)[C@H]1CCCC(F)(F)C1. The van der Waals surface area contributed by atoms with E-state index in [4.69, 9.17) is 14.2 Å². The molecule has 0 aromatic rings. The van der Waals surface area contributed by atoms with E-state index in [0.717, 1.165) is 13.5 Å². The average molecular weight is 593 g/mol. The number of hydrogen-bond donors (Lipinski definition) is 2. The number of halogens is 2. The molecule has 0 aromatic heterocycles. The number of alkyl carbamates (subject to hydrolysis) is 2. The Labute approximate surface area is 240 Å². The first kappa shape index (κ1) is 36.0. The molecule has 41 heavy (non-hydrogen) atoms. The summed E-state index contributed by atoms with van der Waals surface area (Å²) in [5.41, 5.74) is -1.38. The summed E-state index contributed by atoms with van der Waals surface area (Å²) in [6.45, 7) is 10.2. The second-order valence-electron chi connectivity index (χ2n) is 12.4. The molecule has 0 radical (unpaired) electrons. The monoisotopic (exact) mass is 592 g/mol. The molecule has 2 rings (SSSR count). The molecule has 0 aliphatic heterocycles. The third-order valence-electron chi connectivity index (χ3n) is 6.40. The molecular formula is C28H46F2N2O9. The Kier molecular flexibility index (Phi) is 13.4. The number of carbonyl (C=O) groups excluding carboxylic acids is 5. The molecule has 0 unspecified atom stereocenters. The van der Waals surface area contributed by atoms with Crippen molar-refractivity contribution in [2.75, 3.05) is 14.2 Å². The highest BCUT2D eigenvalue weighted by Gasteiger charge is 2.43. The van der Waals surface area contributed by atoms with Crippen LogP contribution < -0.4 is 10.6 Å². The lowest BCUT2D eigenvalue weighted by Crippen LogP contribution is -2.50. The van der Waals surface area contributed by atoms with Gasteiger partial charge in [0, 0.05) is 25.7 Å². The number of ketones is 1. The second kappa shape index (κ2) is 15.3. The molecule has 236 valence electrons. The van der Waals surface area contributed by atoms with E-state index in [0.29, 0.717) is 25.7 Å². The predicted octanol–water partition coefficient (Wildman–Crippen LogP) is 4.69. The fourth-order valence-electron chi connectivity index (χ4n) is 4.70. The van der Waals surface area contributed by atoms with Gasteiger partial charge in [-0.15, -0.1) is 0 Å². The second-order valence-corrected chi connectivity index (χ2v) is 12.4. The van der Waals surface area contributed by atoms with Crippen LogP contribution in [-0.4, -0.2) is 73.3 Å². The maximum absolute atomic E-state index is 13.5. The zero-order valence-corrected chi connectivity index (χ0v) is 25.4. The Bertz CT molecular complexity index is 929. The van der Waals surface area contributed by atoms with Gasteiger partial charge in [-0.3, -0.25) is 4.79 Å². The fourth-order valence-corrected chi connectivity index (χ4v) is 4.70. The molecule has 0 saturated heterocycles. The van der Waals surface area contributed by atoms with Crippen LogP contribution in [0, 0.1) is 11.8 Å². The first-order chi connectivity index (χ1) is 18.8. The highest BCUT2D eigenvalue weighted by molar-refractivity contribution is 5.84. The minimum atomic E-state index is -2.81. The number of hydrogen-bond acceptors (Lipinski definition) is 9. The molecule has 2 saturated carbocycles. The van der Waals surface area contributed by atoms with E-state index in [1.54, 1.807) is 41.5 Å². The number of alkyl halides is 2. The minimum absolute atomic E-state index is 0.112. The first-order valence-electron chi connectivity index (χ1n) is 13.8. The molecule has 13 heteroatoms. The standard InChI is InChI=1S/C14H23F2NO4.C14H23NO5/c1-13(2,3)21-12(19)17-10(11(18)20-4)9-6-5-7-14(15,16)8-9;1-14(2,3)20-13(18)15-11(12(17)19-4)9-6-5-7-10(16)8-9/h9-10H,5-8H2,1-4H3,(H,17,19);9,11H,5-8H2,1-4H3,(H,15,18)/t9-,10-;9-,11-/m00/s1. The lowest BCUT2D eigenvalue weighted by atomic mass is 9.81. The van der Waals surface area contributed by atoms with Crippen molar-refractivity contribution in [2.24, 2.45) is 11.8 Å². The Morgan fingerprint density at radius 3 is 1.63 bits per heavy atom. The van der Waals surface area contributed by atoms with Crippen molar-refractivity contribution in [3.05, 3.63) is 0 Å². The van der Waals surface area contributed by atoms with Gasteiger partial charge in [-0.05, 0) is 79.1 Å². The van der Waals surface area contributed by atoms with Crippen LogP contribution in [0.3, 0.4) is 0 Å². The van der Waals surface area contributed by atoms with Crippen molar-refractivity contribution in [3.63, 3.8) is 0 Å². The summed E-state index contributed by atoms with van der Waals surface area (Å²) in [6.07, 6.45) is 0.886. The van der Waals surface area contributed by atoms with Crippen molar-refractivity contribution in [1.29, 1.82) is 0 Å². The van der Waals surface area contributed by atoms with Gasteiger partial charge >= 0.3 is 24.1 Å². The molecule has 2 fully saturated rings. The molecule has 4 atom stereocenters. The topological polar surface area (TPSA) is 146 Å². The van der Waals surface area contributed by atoms with Crippen molar-refractivity contribution in [1.82, 2.24) is 10.6 Å². The molecule has 0 spiro atoms. The normalized spacial score (nSPS) is 22.0. The zero-order chi connectivity index (χ0) is 31.6. The summed E-state index contributed by atoms with van der Waals surface area (Å²) in [5, 5.41) is 4.89. The largest absolute Gasteiger partial charge is 0.467 e. The Hall–Kier alpha value is -2.99. The van der Waals surface area contributed by atoms with Gasteiger partial charge in [-0.1, -0.05) is 0 Å². The average Bonchev–Trinajstić information content (AvgIpc) is 2.82. The first-order valence-corrected chi connectivity index (χ1v) is 13.8. The Morgan fingerprint density at radius 1 is 0.805 bits per heavy atom. The van der Waals surface area contributed by atoms with Crippen molar-refractivity contribution in [2.45, 2.75) is 122 Å². The van der Waals surface area contributed by atoms with Crippen molar-refractivity contribution >= 4 is 29.9 Å². The molecule has 2 aliphatic rings. The predicted molar refractivity (Wildman–Crippen MR) is 144 cm³/mol. The van der Waals surface area contributed by atoms with E-state index in [9.17, 15) is 32.8 Å². The number of amides is 2.